The van der Waals surface area contributed by atoms with Crippen molar-refractivity contribution in [3.8, 4) is 0 Å². The molecule has 3 aromatic heterocycles. The minimum Gasteiger partial charge on any atom is -0.363 e. The Morgan fingerprint density at radius 2 is 2.29 bits per heavy atom. The second-order valence-electron chi connectivity index (χ2n) is 4.14. The van der Waals surface area contributed by atoms with Crippen LogP contribution in [0.5, 0.6) is 0 Å². The molecule has 8 nitrogen and oxygen atoms in total. The summed E-state index contributed by atoms with van der Waals surface area (Å²) in [5, 5.41) is 5.13. The Morgan fingerprint density at radius 1 is 1.43 bits per heavy atom. The molecule has 3 aromatic rings. The van der Waals surface area contributed by atoms with Crippen LogP contribution in [0, 0.1) is 0 Å². The topological polar surface area (TPSA) is 107 Å². The summed E-state index contributed by atoms with van der Waals surface area (Å²) in [5.74, 6) is 0. The smallest absolute Gasteiger partial charge is 0.271 e. The van der Waals surface area contributed by atoms with E-state index in [0.29, 0.717) is 10.2 Å². The van der Waals surface area contributed by atoms with E-state index in [-0.39, 0.29) is 23.5 Å². The minimum absolute atomic E-state index is 0.0540. The Balaban J connectivity index is 1.73. The van der Waals surface area contributed by atoms with Crippen molar-refractivity contribution < 1.29 is 12.9 Å². The summed E-state index contributed by atoms with van der Waals surface area (Å²) in [4.78, 5) is 16.2. The highest BCUT2D eigenvalue weighted by molar-refractivity contribution is 7.89. The average molecular weight is 326 g/mol. The zero-order chi connectivity index (χ0) is 14.9. The summed E-state index contributed by atoms with van der Waals surface area (Å²) in [6.07, 6.45) is 3.55. The predicted octanol–water partition coefficient (Wildman–Crippen LogP) is 0.425. The van der Waals surface area contributed by atoms with Gasteiger partial charge in [0.1, 0.15) is 15.9 Å². The van der Waals surface area contributed by atoms with E-state index in [1.54, 1.807) is 11.4 Å². The molecule has 0 radical (unpaired) electrons. The quantitative estimate of drug-likeness (QED) is 0.728. The molecule has 0 saturated heterocycles. The fourth-order valence-electron chi connectivity index (χ4n) is 1.75. The van der Waals surface area contributed by atoms with Gasteiger partial charge < -0.3 is 4.52 Å². The van der Waals surface area contributed by atoms with Crippen molar-refractivity contribution in [2.75, 3.05) is 6.54 Å². The van der Waals surface area contributed by atoms with Crippen LogP contribution < -0.4 is 10.3 Å². The van der Waals surface area contributed by atoms with Crippen LogP contribution in [0.4, 0.5) is 0 Å². The van der Waals surface area contributed by atoms with Crippen LogP contribution in [0.15, 0.2) is 44.4 Å². The van der Waals surface area contributed by atoms with Crippen molar-refractivity contribution in [1.82, 2.24) is 19.4 Å². The molecule has 0 aliphatic rings. The molecular formula is C11H10N4O4S2. The number of aromatic nitrogens is 3. The van der Waals surface area contributed by atoms with Crippen LogP contribution >= 0.6 is 11.3 Å². The Kier molecular flexibility index (Phi) is 3.57. The first-order valence-electron chi connectivity index (χ1n) is 5.89. The van der Waals surface area contributed by atoms with Crippen LogP contribution in [0.25, 0.3) is 10.2 Å². The van der Waals surface area contributed by atoms with Crippen LogP contribution in [0.3, 0.4) is 0 Å². The minimum atomic E-state index is -3.67. The Hall–Kier alpha value is -2.04. The van der Waals surface area contributed by atoms with Gasteiger partial charge in [-0.05, 0) is 11.4 Å². The second-order valence-corrected chi connectivity index (χ2v) is 6.82. The largest absolute Gasteiger partial charge is 0.363 e. The monoisotopic (exact) mass is 326 g/mol. The molecule has 0 fully saturated rings. The van der Waals surface area contributed by atoms with Gasteiger partial charge in [0.05, 0.1) is 18.0 Å². The van der Waals surface area contributed by atoms with E-state index >= 15 is 0 Å². The van der Waals surface area contributed by atoms with E-state index in [2.05, 4.69) is 19.4 Å². The van der Waals surface area contributed by atoms with Gasteiger partial charge in [-0.25, -0.2) is 18.1 Å². The molecule has 110 valence electrons. The van der Waals surface area contributed by atoms with Crippen molar-refractivity contribution in [3.63, 3.8) is 0 Å². The van der Waals surface area contributed by atoms with Crippen molar-refractivity contribution >= 4 is 31.6 Å². The normalized spacial score (nSPS) is 12.0. The maximum Gasteiger partial charge on any atom is 0.271 e. The molecule has 21 heavy (non-hydrogen) atoms. The fraction of sp³-hybridized carbons (Fsp3) is 0.182. The number of nitrogens with one attached hydrogen (secondary N) is 1. The summed E-state index contributed by atoms with van der Waals surface area (Å²) in [7, 11) is -3.67. The molecule has 0 atom stereocenters. The molecule has 10 heteroatoms. The number of hydrogen-bond acceptors (Lipinski definition) is 7. The summed E-state index contributed by atoms with van der Waals surface area (Å²) < 4.78 is 32.4. The fourth-order valence-corrected chi connectivity index (χ4v) is 3.42. The van der Waals surface area contributed by atoms with E-state index in [9.17, 15) is 13.2 Å². The third-order valence-corrected chi connectivity index (χ3v) is 5.10. The molecule has 0 aliphatic heterocycles. The SMILES string of the molecule is O=c1c2sccc2ncn1CCNS(=O)(=O)c1cnoc1. The van der Waals surface area contributed by atoms with Gasteiger partial charge in [-0.3, -0.25) is 9.36 Å². The van der Waals surface area contributed by atoms with E-state index in [0.717, 1.165) is 12.5 Å². The summed E-state index contributed by atoms with van der Waals surface area (Å²) in [5.41, 5.74) is 0.463. The maximum atomic E-state index is 12.1. The molecule has 3 rings (SSSR count). The third-order valence-electron chi connectivity index (χ3n) is 2.80. The van der Waals surface area contributed by atoms with E-state index in [1.807, 2.05) is 0 Å². The lowest BCUT2D eigenvalue weighted by molar-refractivity contribution is 0.417. The number of nitrogens with zero attached hydrogens (tertiary/aromatic N) is 3. The number of thiophene rings is 1. The highest BCUT2D eigenvalue weighted by atomic mass is 32.2. The number of sulfonamides is 1. The molecule has 0 aliphatic carbocycles. The number of rotatable bonds is 5. The molecule has 0 unspecified atom stereocenters. The highest BCUT2D eigenvalue weighted by Gasteiger charge is 2.15. The first-order valence-corrected chi connectivity index (χ1v) is 8.26. The lowest BCUT2D eigenvalue weighted by Crippen LogP contribution is -2.30. The molecule has 0 bridgehead atoms. The third kappa shape index (κ3) is 2.73. The Bertz CT molecular complexity index is 911. The second kappa shape index (κ2) is 5.39. The van der Waals surface area contributed by atoms with Crippen LogP contribution in [0.2, 0.25) is 0 Å². The van der Waals surface area contributed by atoms with Crippen LogP contribution in [-0.2, 0) is 16.6 Å². The van der Waals surface area contributed by atoms with E-state index in [1.165, 1.54) is 22.2 Å². The molecule has 3 heterocycles. The van der Waals surface area contributed by atoms with Crippen molar-refractivity contribution in [1.29, 1.82) is 0 Å². The zero-order valence-electron chi connectivity index (χ0n) is 10.6. The summed E-state index contributed by atoms with van der Waals surface area (Å²) in [6, 6.07) is 1.76. The van der Waals surface area contributed by atoms with Gasteiger partial charge in [0.2, 0.25) is 10.0 Å². The maximum absolute atomic E-state index is 12.1. The molecular weight excluding hydrogens is 316 g/mol. The lowest BCUT2D eigenvalue weighted by atomic mass is 10.4. The van der Waals surface area contributed by atoms with E-state index in [4.69, 9.17) is 0 Å². The summed E-state index contributed by atoms with van der Waals surface area (Å²) >= 11 is 1.31. The molecule has 0 aromatic carbocycles. The van der Waals surface area contributed by atoms with Gasteiger partial charge in [-0.15, -0.1) is 11.3 Å². The van der Waals surface area contributed by atoms with Gasteiger partial charge >= 0.3 is 0 Å². The van der Waals surface area contributed by atoms with Crippen molar-refractivity contribution in [3.05, 3.63) is 40.6 Å². The summed E-state index contributed by atoms with van der Waals surface area (Å²) in [6.45, 7) is 0.246. The van der Waals surface area contributed by atoms with Gasteiger partial charge in [0.15, 0.2) is 0 Å². The van der Waals surface area contributed by atoms with Crippen molar-refractivity contribution in [2.45, 2.75) is 11.4 Å². The van der Waals surface area contributed by atoms with Crippen LogP contribution in [0.1, 0.15) is 0 Å². The van der Waals surface area contributed by atoms with Gasteiger partial charge in [-0.1, -0.05) is 5.16 Å². The first-order chi connectivity index (χ1) is 10.1. The number of fused-ring (bicyclic) bond motifs is 1. The number of hydrogen-bond donors (Lipinski definition) is 1. The average Bonchev–Trinajstić information content (AvgIpc) is 3.11. The van der Waals surface area contributed by atoms with Crippen LogP contribution in [-0.4, -0.2) is 29.7 Å². The zero-order valence-corrected chi connectivity index (χ0v) is 12.2. The standard InChI is InChI=1S/C11H10N4O4S2/c16-11-10-9(1-4-20-10)12-7-15(11)3-2-14-21(17,18)8-5-13-19-6-8/h1,4-7,14H,2-3H2. The lowest BCUT2D eigenvalue weighted by Gasteiger charge is -2.06. The predicted molar refractivity (Wildman–Crippen MR) is 75.6 cm³/mol. The van der Waals surface area contributed by atoms with Gasteiger partial charge in [0.25, 0.3) is 5.56 Å². The molecule has 0 saturated carbocycles. The molecule has 0 spiro atoms. The Morgan fingerprint density at radius 3 is 3.05 bits per heavy atom. The van der Waals surface area contributed by atoms with E-state index < -0.39 is 10.0 Å². The Labute approximate surface area is 123 Å². The highest BCUT2D eigenvalue weighted by Crippen LogP contribution is 2.13. The van der Waals surface area contributed by atoms with Crippen molar-refractivity contribution in [2.24, 2.45) is 0 Å². The first kappa shape index (κ1) is 13.9. The van der Waals surface area contributed by atoms with Gasteiger partial charge in [0, 0.05) is 13.1 Å². The van der Waals surface area contributed by atoms with Gasteiger partial charge in [-0.2, -0.15) is 0 Å². The molecule has 1 N–H and O–H groups in total. The molecule has 0 amide bonds.